The van der Waals surface area contributed by atoms with E-state index in [4.69, 9.17) is 0 Å². The van der Waals surface area contributed by atoms with Gasteiger partial charge in [0.15, 0.2) is 9.84 Å². The zero-order chi connectivity index (χ0) is 13.0. The van der Waals surface area contributed by atoms with E-state index < -0.39 is 9.84 Å². The minimum absolute atomic E-state index is 0.398. The first-order valence-electron chi connectivity index (χ1n) is 6.58. The number of nitrogens with one attached hydrogen (secondary N) is 1. The van der Waals surface area contributed by atoms with Crippen LogP contribution in [-0.4, -0.2) is 27.3 Å². The van der Waals surface area contributed by atoms with Crippen molar-refractivity contribution < 1.29 is 8.42 Å². The predicted molar refractivity (Wildman–Crippen MR) is 73.5 cm³/mol. The molecule has 0 aromatic heterocycles. The first kappa shape index (κ1) is 13.6. The molecule has 0 saturated heterocycles. The maximum absolute atomic E-state index is 11.3. The molecule has 0 spiro atoms. The van der Waals surface area contributed by atoms with Crippen molar-refractivity contribution in [2.24, 2.45) is 0 Å². The predicted octanol–water partition coefficient (Wildman–Crippen LogP) is 2.16. The third-order valence-electron chi connectivity index (χ3n) is 3.55. The Hall–Kier alpha value is -0.870. The molecule has 1 aromatic carbocycles. The molecule has 1 fully saturated rings. The molecule has 0 unspecified atom stereocenters. The lowest BCUT2D eigenvalue weighted by molar-refractivity contribution is 0.528. The average molecular weight is 267 g/mol. The van der Waals surface area contributed by atoms with Crippen LogP contribution in [0.3, 0.4) is 0 Å². The van der Waals surface area contributed by atoms with E-state index in [9.17, 15) is 8.42 Å². The van der Waals surface area contributed by atoms with Crippen LogP contribution in [0.25, 0.3) is 0 Å². The molecule has 0 heterocycles. The molecule has 1 aliphatic carbocycles. The highest BCUT2D eigenvalue weighted by atomic mass is 32.2. The van der Waals surface area contributed by atoms with E-state index in [1.165, 1.54) is 37.5 Å². The minimum Gasteiger partial charge on any atom is -0.314 e. The Bertz CT molecular complexity index is 473. The van der Waals surface area contributed by atoms with Crippen LogP contribution in [0, 0.1) is 0 Å². The Balaban J connectivity index is 1.83. The normalized spacial score (nSPS) is 17.2. The molecule has 2 rings (SSSR count). The number of rotatable bonds is 5. The maximum atomic E-state index is 11.3. The van der Waals surface area contributed by atoms with Crippen LogP contribution >= 0.6 is 0 Å². The van der Waals surface area contributed by atoms with Gasteiger partial charge in [0.1, 0.15) is 0 Å². The van der Waals surface area contributed by atoms with Gasteiger partial charge in [-0.1, -0.05) is 25.0 Å². The summed E-state index contributed by atoms with van der Waals surface area (Å²) < 4.78 is 22.6. The smallest absolute Gasteiger partial charge is 0.175 e. The molecule has 100 valence electrons. The molecule has 1 aliphatic rings. The molecule has 0 atom stereocenters. The summed E-state index contributed by atoms with van der Waals surface area (Å²) in [6.07, 6.45) is 7.49. The van der Waals surface area contributed by atoms with Gasteiger partial charge >= 0.3 is 0 Å². The lowest BCUT2D eigenvalue weighted by Crippen LogP contribution is -2.27. The number of hydrogen-bond acceptors (Lipinski definition) is 3. The highest BCUT2D eigenvalue weighted by Crippen LogP contribution is 2.17. The van der Waals surface area contributed by atoms with Crippen LogP contribution in [0.2, 0.25) is 0 Å². The second kappa shape index (κ2) is 5.85. The van der Waals surface area contributed by atoms with Gasteiger partial charge in [0.05, 0.1) is 4.90 Å². The van der Waals surface area contributed by atoms with E-state index in [2.05, 4.69) is 5.32 Å². The molecule has 1 saturated carbocycles. The first-order chi connectivity index (χ1) is 8.55. The molecule has 3 nitrogen and oxygen atoms in total. The Morgan fingerprint density at radius 3 is 2.33 bits per heavy atom. The number of hydrogen-bond donors (Lipinski definition) is 1. The Morgan fingerprint density at radius 1 is 1.17 bits per heavy atom. The van der Waals surface area contributed by atoms with Gasteiger partial charge in [-0.25, -0.2) is 8.42 Å². The lowest BCUT2D eigenvalue weighted by atomic mass is 10.1. The van der Waals surface area contributed by atoms with Crippen LogP contribution in [0.15, 0.2) is 29.2 Å². The molecule has 1 N–H and O–H groups in total. The van der Waals surface area contributed by atoms with Gasteiger partial charge in [-0.15, -0.1) is 0 Å². The van der Waals surface area contributed by atoms with Crippen LogP contribution in [-0.2, 0) is 16.3 Å². The third-order valence-corrected chi connectivity index (χ3v) is 4.68. The molecule has 1 aromatic rings. The van der Waals surface area contributed by atoms with Crippen LogP contribution in [0.1, 0.15) is 31.2 Å². The Kier molecular flexibility index (Phi) is 4.40. The molecule has 0 aliphatic heterocycles. The summed E-state index contributed by atoms with van der Waals surface area (Å²) in [7, 11) is -3.07. The van der Waals surface area contributed by atoms with Crippen molar-refractivity contribution in [2.45, 2.75) is 43.0 Å². The summed E-state index contributed by atoms with van der Waals surface area (Å²) >= 11 is 0. The molecule has 0 radical (unpaired) electrons. The number of sulfone groups is 1. The first-order valence-corrected chi connectivity index (χ1v) is 8.47. The fraction of sp³-hybridized carbons (Fsp3) is 0.571. The largest absolute Gasteiger partial charge is 0.314 e. The Morgan fingerprint density at radius 2 is 1.78 bits per heavy atom. The van der Waals surface area contributed by atoms with Crippen molar-refractivity contribution in [2.75, 3.05) is 12.8 Å². The monoisotopic (exact) mass is 267 g/mol. The van der Waals surface area contributed by atoms with Gasteiger partial charge in [0.2, 0.25) is 0 Å². The van der Waals surface area contributed by atoms with E-state index in [0.29, 0.717) is 10.9 Å². The average Bonchev–Trinajstić information content (AvgIpc) is 2.82. The van der Waals surface area contributed by atoms with E-state index in [-0.39, 0.29) is 0 Å². The summed E-state index contributed by atoms with van der Waals surface area (Å²) in [5, 5.41) is 3.56. The Labute approximate surface area is 110 Å². The summed E-state index contributed by atoms with van der Waals surface area (Å²) in [5.74, 6) is 0. The summed E-state index contributed by atoms with van der Waals surface area (Å²) in [6.45, 7) is 0.975. The summed E-state index contributed by atoms with van der Waals surface area (Å²) in [5.41, 5.74) is 1.19. The standard InChI is InChI=1S/C14H21NO2S/c1-18(16,17)14-8-6-12(7-9-14)10-11-15-13-4-2-3-5-13/h6-9,13,15H,2-5,10-11H2,1H3. The lowest BCUT2D eigenvalue weighted by Gasteiger charge is -2.11. The molecule has 4 heteroatoms. The van der Waals surface area contributed by atoms with Gasteiger partial charge in [-0.05, 0) is 43.5 Å². The van der Waals surface area contributed by atoms with E-state index in [1.807, 2.05) is 12.1 Å². The fourth-order valence-corrected chi connectivity index (χ4v) is 3.08. The highest BCUT2D eigenvalue weighted by molar-refractivity contribution is 7.90. The zero-order valence-corrected chi connectivity index (χ0v) is 11.7. The third kappa shape index (κ3) is 3.82. The second-order valence-electron chi connectivity index (χ2n) is 5.10. The van der Waals surface area contributed by atoms with Crippen LogP contribution in [0.5, 0.6) is 0 Å². The van der Waals surface area contributed by atoms with E-state index in [1.54, 1.807) is 12.1 Å². The molecule has 0 bridgehead atoms. The van der Waals surface area contributed by atoms with Gasteiger partial charge in [-0.2, -0.15) is 0 Å². The van der Waals surface area contributed by atoms with Crippen molar-refractivity contribution in [1.82, 2.24) is 5.32 Å². The molecular formula is C14H21NO2S. The molecule has 18 heavy (non-hydrogen) atoms. The van der Waals surface area contributed by atoms with Gasteiger partial charge in [-0.3, -0.25) is 0 Å². The summed E-state index contributed by atoms with van der Waals surface area (Å²) in [4.78, 5) is 0.398. The van der Waals surface area contributed by atoms with Crippen molar-refractivity contribution in [3.05, 3.63) is 29.8 Å². The molecular weight excluding hydrogens is 246 g/mol. The SMILES string of the molecule is CS(=O)(=O)c1ccc(CCNC2CCCC2)cc1. The minimum atomic E-state index is -3.07. The fourth-order valence-electron chi connectivity index (χ4n) is 2.45. The highest BCUT2D eigenvalue weighted by Gasteiger charge is 2.13. The van der Waals surface area contributed by atoms with Crippen molar-refractivity contribution in [3.63, 3.8) is 0 Å². The van der Waals surface area contributed by atoms with E-state index >= 15 is 0 Å². The van der Waals surface area contributed by atoms with Gasteiger partial charge in [0, 0.05) is 12.3 Å². The summed E-state index contributed by atoms with van der Waals surface area (Å²) in [6, 6.07) is 7.90. The van der Waals surface area contributed by atoms with Crippen molar-refractivity contribution in [1.29, 1.82) is 0 Å². The topological polar surface area (TPSA) is 46.2 Å². The second-order valence-corrected chi connectivity index (χ2v) is 7.12. The maximum Gasteiger partial charge on any atom is 0.175 e. The van der Waals surface area contributed by atoms with Crippen molar-refractivity contribution >= 4 is 9.84 Å². The van der Waals surface area contributed by atoms with E-state index in [0.717, 1.165) is 13.0 Å². The van der Waals surface area contributed by atoms with Crippen LogP contribution < -0.4 is 5.32 Å². The zero-order valence-electron chi connectivity index (χ0n) is 10.9. The quantitative estimate of drug-likeness (QED) is 0.889. The van der Waals surface area contributed by atoms with Gasteiger partial charge in [0.25, 0.3) is 0 Å². The van der Waals surface area contributed by atoms with Gasteiger partial charge < -0.3 is 5.32 Å². The molecule has 0 amide bonds. The van der Waals surface area contributed by atoms with Crippen LogP contribution in [0.4, 0.5) is 0 Å². The van der Waals surface area contributed by atoms with Crippen molar-refractivity contribution in [3.8, 4) is 0 Å². The number of benzene rings is 1.